The molecular formula is C25H21N3O6. The van der Waals surface area contributed by atoms with Crippen molar-refractivity contribution in [3.05, 3.63) is 105 Å². The van der Waals surface area contributed by atoms with E-state index >= 15 is 0 Å². The highest BCUT2D eigenvalue weighted by atomic mass is 16.6. The van der Waals surface area contributed by atoms with Crippen molar-refractivity contribution in [2.75, 3.05) is 12.8 Å². The number of hydrogen-bond donors (Lipinski definition) is 1. The number of benzene rings is 2. The van der Waals surface area contributed by atoms with Crippen LogP contribution in [0.2, 0.25) is 0 Å². The van der Waals surface area contributed by atoms with Crippen LogP contribution in [-0.2, 0) is 11.3 Å². The molecule has 4 aromatic rings. The van der Waals surface area contributed by atoms with Crippen LogP contribution in [0.3, 0.4) is 0 Å². The molecule has 0 saturated carbocycles. The Balaban J connectivity index is 1.78. The smallest absolute Gasteiger partial charge is 0.340 e. The molecule has 0 radical (unpaired) electrons. The summed E-state index contributed by atoms with van der Waals surface area (Å²) < 4.78 is 12.2. The predicted octanol–water partition coefficient (Wildman–Crippen LogP) is 4.33. The Kier molecular flexibility index (Phi) is 6.01. The summed E-state index contributed by atoms with van der Waals surface area (Å²) in [4.78, 5) is 37.2. The average molecular weight is 459 g/mol. The van der Waals surface area contributed by atoms with Crippen LogP contribution in [0.5, 0.6) is 5.75 Å². The maximum absolute atomic E-state index is 13.5. The molecule has 0 fully saturated rings. The highest BCUT2D eigenvalue weighted by Crippen LogP contribution is 2.31. The van der Waals surface area contributed by atoms with E-state index in [9.17, 15) is 19.7 Å². The fourth-order valence-electron chi connectivity index (χ4n) is 3.83. The lowest BCUT2D eigenvalue weighted by molar-refractivity contribution is -0.385. The molecule has 2 aromatic heterocycles. The van der Waals surface area contributed by atoms with Crippen LogP contribution >= 0.6 is 0 Å². The molecule has 0 aliphatic carbocycles. The molecule has 0 bridgehead atoms. The number of nitrogen functional groups attached to an aromatic ring is 1. The molecule has 172 valence electrons. The number of nitro groups is 1. The van der Waals surface area contributed by atoms with E-state index in [-0.39, 0.29) is 34.9 Å². The summed E-state index contributed by atoms with van der Waals surface area (Å²) in [6.45, 7) is 1.72. The van der Waals surface area contributed by atoms with Crippen molar-refractivity contribution in [2.24, 2.45) is 0 Å². The maximum atomic E-state index is 13.5. The molecule has 0 spiro atoms. The highest BCUT2D eigenvalue weighted by molar-refractivity contribution is 6.13. The van der Waals surface area contributed by atoms with E-state index in [0.717, 1.165) is 5.56 Å². The number of pyridine rings is 1. The van der Waals surface area contributed by atoms with Crippen molar-refractivity contribution in [3.63, 3.8) is 0 Å². The Bertz CT molecular complexity index is 1430. The minimum absolute atomic E-state index is 0.0406. The number of carbonyl (C=O) groups is 2. The molecular weight excluding hydrogens is 438 g/mol. The first-order valence-corrected chi connectivity index (χ1v) is 10.3. The summed E-state index contributed by atoms with van der Waals surface area (Å²) in [5.74, 6) is -1.07. The van der Waals surface area contributed by atoms with Crippen LogP contribution in [0.1, 0.15) is 37.5 Å². The summed E-state index contributed by atoms with van der Waals surface area (Å²) in [5, 5.41) is 11.2. The van der Waals surface area contributed by atoms with Gasteiger partial charge in [0, 0.05) is 23.5 Å². The number of nitrogens with two attached hydrogens (primary N) is 1. The van der Waals surface area contributed by atoms with Gasteiger partial charge in [-0.2, -0.15) is 0 Å². The molecule has 9 heteroatoms. The lowest BCUT2D eigenvalue weighted by Gasteiger charge is -2.07. The van der Waals surface area contributed by atoms with Crippen LogP contribution in [0.4, 0.5) is 11.4 Å². The molecule has 0 aliphatic heterocycles. The number of methoxy groups -OCH3 is 1. The zero-order valence-corrected chi connectivity index (χ0v) is 18.5. The molecule has 34 heavy (non-hydrogen) atoms. The van der Waals surface area contributed by atoms with Crippen molar-refractivity contribution in [1.82, 2.24) is 4.40 Å². The predicted molar refractivity (Wildman–Crippen MR) is 125 cm³/mol. The van der Waals surface area contributed by atoms with Gasteiger partial charge in [0.25, 0.3) is 0 Å². The molecule has 9 nitrogen and oxygen atoms in total. The van der Waals surface area contributed by atoms with Crippen LogP contribution in [-0.4, -0.2) is 28.2 Å². The third kappa shape index (κ3) is 4.06. The fraction of sp³-hybridized carbons (Fsp3) is 0.120. The monoisotopic (exact) mass is 459 g/mol. The van der Waals surface area contributed by atoms with E-state index in [2.05, 4.69) is 0 Å². The van der Waals surface area contributed by atoms with Crippen LogP contribution in [0, 0.1) is 17.0 Å². The minimum atomic E-state index is -0.593. The highest BCUT2D eigenvalue weighted by Gasteiger charge is 2.27. The Hall–Kier alpha value is -4.66. The van der Waals surface area contributed by atoms with E-state index in [1.165, 1.54) is 25.3 Å². The lowest BCUT2D eigenvalue weighted by Crippen LogP contribution is -2.09. The summed E-state index contributed by atoms with van der Waals surface area (Å²) in [6, 6.07) is 16.3. The maximum Gasteiger partial charge on any atom is 0.340 e. The first kappa shape index (κ1) is 22.5. The zero-order valence-electron chi connectivity index (χ0n) is 18.5. The van der Waals surface area contributed by atoms with E-state index in [4.69, 9.17) is 15.2 Å². The number of nitro benzene ring substituents is 1. The van der Waals surface area contributed by atoms with Gasteiger partial charge >= 0.3 is 11.7 Å². The number of hydrogen-bond acceptors (Lipinski definition) is 7. The lowest BCUT2D eigenvalue weighted by atomic mass is 10.0. The first-order chi connectivity index (χ1) is 16.3. The number of fused-ring (bicyclic) bond motifs is 1. The molecule has 2 heterocycles. The Labute approximate surface area is 194 Å². The van der Waals surface area contributed by atoms with Gasteiger partial charge in [-0.3, -0.25) is 14.9 Å². The molecule has 4 rings (SSSR count). The molecule has 2 N–H and O–H groups in total. The molecule has 2 aromatic carbocycles. The van der Waals surface area contributed by atoms with Gasteiger partial charge in [0.15, 0.2) is 5.75 Å². The Morgan fingerprint density at radius 3 is 2.50 bits per heavy atom. The van der Waals surface area contributed by atoms with Gasteiger partial charge in [-0.1, -0.05) is 30.3 Å². The first-order valence-electron chi connectivity index (χ1n) is 10.3. The zero-order chi connectivity index (χ0) is 24.4. The van der Waals surface area contributed by atoms with Gasteiger partial charge in [0.2, 0.25) is 5.78 Å². The van der Waals surface area contributed by atoms with Gasteiger partial charge < -0.3 is 19.6 Å². The van der Waals surface area contributed by atoms with Gasteiger partial charge in [-0.25, -0.2) is 4.79 Å². The van der Waals surface area contributed by atoms with Crippen molar-refractivity contribution >= 4 is 28.6 Å². The number of anilines is 1. The quantitative estimate of drug-likeness (QED) is 0.189. The van der Waals surface area contributed by atoms with Gasteiger partial charge in [0.05, 0.1) is 28.8 Å². The van der Waals surface area contributed by atoms with Crippen molar-refractivity contribution in [1.29, 1.82) is 0 Å². The van der Waals surface area contributed by atoms with Crippen molar-refractivity contribution < 1.29 is 24.0 Å². The van der Waals surface area contributed by atoms with Crippen molar-refractivity contribution in [2.45, 2.75) is 13.5 Å². The minimum Gasteiger partial charge on any atom is -0.490 e. The van der Waals surface area contributed by atoms with Gasteiger partial charge in [0.1, 0.15) is 6.61 Å². The van der Waals surface area contributed by atoms with Crippen molar-refractivity contribution in [3.8, 4) is 5.75 Å². The third-order valence-electron chi connectivity index (χ3n) is 5.48. The summed E-state index contributed by atoms with van der Waals surface area (Å²) >= 11 is 0. The second-order valence-electron chi connectivity index (χ2n) is 7.60. The fourth-order valence-corrected chi connectivity index (χ4v) is 3.83. The third-order valence-corrected chi connectivity index (χ3v) is 5.48. The largest absolute Gasteiger partial charge is 0.490 e. The SMILES string of the molecule is COc1cc(C(=O)c2c(C)c(C(=O)OCc3ccccc3)c3cc(N)ccn23)ccc1[N+](=O)[O-]. The van der Waals surface area contributed by atoms with E-state index < -0.39 is 16.7 Å². The standard InChI is InChI=1S/C25H21N3O6/c1-15-22(25(30)34-14-16-6-4-3-5-7-16)20-13-18(26)10-11-27(20)23(15)24(29)17-8-9-19(28(31)32)21(12-17)33-2/h3-13H,14,26H2,1-2H3. The number of ketones is 1. The van der Waals surface area contributed by atoms with Crippen LogP contribution in [0.15, 0.2) is 66.9 Å². The summed E-state index contributed by atoms with van der Waals surface area (Å²) in [5.41, 5.74) is 8.39. The molecule has 0 saturated heterocycles. The second-order valence-corrected chi connectivity index (χ2v) is 7.60. The number of carbonyl (C=O) groups excluding carboxylic acids is 2. The van der Waals surface area contributed by atoms with Crippen LogP contribution < -0.4 is 10.5 Å². The molecule has 0 atom stereocenters. The molecule has 0 aliphatic rings. The van der Waals surface area contributed by atoms with E-state index in [0.29, 0.717) is 16.8 Å². The summed E-state index contributed by atoms with van der Waals surface area (Å²) in [6.07, 6.45) is 1.60. The number of esters is 1. The van der Waals surface area contributed by atoms with E-state index in [1.807, 2.05) is 30.3 Å². The van der Waals surface area contributed by atoms with Gasteiger partial charge in [-0.15, -0.1) is 0 Å². The van der Waals surface area contributed by atoms with E-state index in [1.54, 1.807) is 29.7 Å². The average Bonchev–Trinajstić information content (AvgIpc) is 3.13. The summed E-state index contributed by atoms with van der Waals surface area (Å²) in [7, 11) is 1.29. The van der Waals surface area contributed by atoms with Gasteiger partial charge in [-0.05, 0) is 42.3 Å². The second kappa shape index (κ2) is 9.07. The molecule has 0 unspecified atom stereocenters. The number of aromatic nitrogens is 1. The number of ether oxygens (including phenoxy) is 2. The number of nitrogens with zero attached hydrogens (tertiary/aromatic N) is 2. The molecule has 0 amide bonds. The Morgan fingerprint density at radius 1 is 1.09 bits per heavy atom. The Morgan fingerprint density at radius 2 is 1.82 bits per heavy atom. The van der Waals surface area contributed by atoms with Crippen LogP contribution in [0.25, 0.3) is 5.52 Å². The number of rotatable bonds is 7. The normalized spacial score (nSPS) is 10.8. The topological polar surface area (TPSA) is 126 Å².